The van der Waals surface area contributed by atoms with E-state index in [-0.39, 0.29) is 29.5 Å². The lowest BCUT2D eigenvalue weighted by molar-refractivity contribution is -0.151. The minimum Gasteiger partial charge on any atom is -0.390 e. The smallest absolute Gasteiger partial charge is 0.157 e. The number of fused-ring (bicyclic) bond motifs is 6. The topological polar surface area (TPSA) is 68.0 Å². The highest BCUT2D eigenvalue weighted by Crippen LogP contribution is 2.68. The van der Waals surface area contributed by atoms with Gasteiger partial charge in [-0.2, -0.15) is 0 Å². The van der Waals surface area contributed by atoms with E-state index in [0.29, 0.717) is 40.1 Å². The summed E-state index contributed by atoms with van der Waals surface area (Å²) >= 11 is 0. The minimum absolute atomic E-state index is 0.0128. The van der Waals surface area contributed by atoms with Crippen molar-refractivity contribution in [3.05, 3.63) is 23.5 Å². The lowest BCUT2D eigenvalue weighted by atomic mass is 9.44. The monoisotopic (exact) mass is 481 g/mol. The highest BCUT2D eigenvalue weighted by atomic mass is 19.1. The lowest BCUT2D eigenvalue weighted by Crippen LogP contribution is -2.55. The summed E-state index contributed by atoms with van der Waals surface area (Å²) in [4.78, 5) is 13.7. The Kier molecular flexibility index (Phi) is 5.28. The van der Waals surface area contributed by atoms with E-state index in [9.17, 15) is 14.3 Å². The molecule has 4 aliphatic carbocycles. The highest BCUT2D eigenvalue weighted by molar-refractivity contribution is 5.84. The van der Waals surface area contributed by atoms with Gasteiger partial charge in [-0.15, -0.1) is 5.10 Å². The van der Waals surface area contributed by atoms with Crippen LogP contribution in [0.3, 0.4) is 0 Å². The van der Waals surface area contributed by atoms with E-state index in [1.807, 2.05) is 19.9 Å². The van der Waals surface area contributed by atoms with Crippen LogP contribution in [0.2, 0.25) is 0 Å². The zero-order chi connectivity index (χ0) is 24.8. The zero-order valence-electron chi connectivity index (χ0n) is 21.7. The molecule has 35 heavy (non-hydrogen) atoms. The Bertz CT molecular complexity index is 1170. The van der Waals surface area contributed by atoms with E-state index >= 15 is 0 Å². The minimum atomic E-state index is -0.505. The van der Waals surface area contributed by atoms with Gasteiger partial charge >= 0.3 is 0 Å². The third-order valence-corrected chi connectivity index (χ3v) is 11.4. The van der Waals surface area contributed by atoms with Gasteiger partial charge < -0.3 is 5.11 Å². The van der Waals surface area contributed by atoms with Crippen LogP contribution >= 0.6 is 0 Å². The van der Waals surface area contributed by atoms with Crippen LogP contribution in [-0.2, 0) is 11.3 Å². The third kappa shape index (κ3) is 3.53. The van der Waals surface area contributed by atoms with Crippen molar-refractivity contribution in [1.29, 1.82) is 0 Å². The molecule has 6 heteroatoms. The maximum atomic E-state index is 14.7. The molecule has 0 spiro atoms. The number of halogens is 1. The van der Waals surface area contributed by atoms with Crippen molar-refractivity contribution < 1.29 is 14.3 Å². The molecule has 1 aromatic carbocycles. The number of rotatable bonds is 3. The van der Waals surface area contributed by atoms with E-state index < -0.39 is 5.60 Å². The van der Waals surface area contributed by atoms with E-state index in [0.717, 1.165) is 44.1 Å². The molecule has 0 radical (unpaired) electrons. The van der Waals surface area contributed by atoms with Gasteiger partial charge in [0.05, 0.1) is 5.60 Å². The quantitative estimate of drug-likeness (QED) is 0.596. The second-order valence-electron chi connectivity index (χ2n) is 13.4. The average molecular weight is 482 g/mol. The summed E-state index contributed by atoms with van der Waals surface area (Å²) in [5, 5.41) is 19.0. The van der Waals surface area contributed by atoms with Crippen molar-refractivity contribution in [2.24, 2.45) is 40.4 Å². The second kappa shape index (κ2) is 7.84. The van der Waals surface area contributed by atoms with Crippen LogP contribution in [-0.4, -0.2) is 31.5 Å². The Morgan fingerprint density at radius 2 is 1.83 bits per heavy atom. The Balaban J connectivity index is 1.22. The molecule has 0 saturated heterocycles. The van der Waals surface area contributed by atoms with Crippen molar-refractivity contribution in [3.63, 3.8) is 0 Å². The molecule has 4 aliphatic rings. The van der Waals surface area contributed by atoms with Crippen molar-refractivity contribution in [1.82, 2.24) is 15.0 Å². The number of aryl methyl sites for hydroxylation is 1. The molecular weight excluding hydrogens is 441 g/mol. The Hall–Kier alpha value is -1.82. The number of hydrogen-bond donors (Lipinski definition) is 1. The van der Waals surface area contributed by atoms with Crippen molar-refractivity contribution >= 4 is 16.8 Å². The van der Waals surface area contributed by atoms with Gasteiger partial charge in [-0.05, 0) is 124 Å². The van der Waals surface area contributed by atoms with Gasteiger partial charge in [0, 0.05) is 5.92 Å². The number of carbonyl (C=O) groups excluding carboxylic acids is 1. The van der Waals surface area contributed by atoms with Gasteiger partial charge in [0.25, 0.3) is 0 Å². The normalized spacial score (nSPS) is 43.0. The molecule has 4 fully saturated rings. The first kappa shape index (κ1) is 23.6. The Labute approximate surface area is 207 Å². The van der Waals surface area contributed by atoms with E-state index in [2.05, 4.69) is 24.2 Å². The van der Waals surface area contributed by atoms with Gasteiger partial charge in [-0.3, -0.25) is 4.79 Å². The Morgan fingerprint density at radius 3 is 2.63 bits per heavy atom. The van der Waals surface area contributed by atoms with Crippen molar-refractivity contribution in [3.8, 4) is 0 Å². The number of aromatic nitrogens is 3. The molecule has 2 aromatic rings. The second-order valence-corrected chi connectivity index (χ2v) is 13.4. The number of Topliss-reactive ketones (excluding diaryl/α,β-unsaturated/α-hetero) is 1. The highest BCUT2D eigenvalue weighted by Gasteiger charge is 2.61. The average Bonchev–Trinajstić information content (AvgIpc) is 3.34. The van der Waals surface area contributed by atoms with Crippen LogP contribution in [0.1, 0.15) is 84.1 Å². The maximum absolute atomic E-state index is 14.7. The van der Waals surface area contributed by atoms with Crippen LogP contribution in [0, 0.1) is 53.2 Å². The molecule has 1 heterocycles. The predicted octanol–water partition coefficient (Wildman–Crippen LogP) is 5.86. The molecule has 190 valence electrons. The van der Waals surface area contributed by atoms with Gasteiger partial charge in [0.2, 0.25) is 0 Å². The summed E-state index contributed by atoms with van der Waals surface area (Å²) in [6.45, 7) is 8.84. The number of carbonyl (C=O) groups is 1. The lowest BCUT2D eigenvalue weighted by Gasteiger charge is -2.61. The maximum Gasteiger partial charge on any atom is 0.157 e. The molecule has 4 saturated carbocycles. The molecule has 0 amide bonds. The van der Waals surface area contributed by atoms with Gasteiger partial charge in [-0.1, -0.05) is 19.1 Å². The molecule has 0 bridgehead atoms. The molecule has 1 aromatic heterocycles. The summed E-state index contributed by atoms with van der Waals surface area (Å²) in [6, 6.07) is 3.31. The summed E-state index contributed by atoms with van der Waals surface area (Å²) in [5.74, 6) is 2.44. The number of benzene rings is 1. The van der Waals surface area contributed by atoms with E-state index in [4.69, 9.17) is 0 Å². The fourth-order valence-corrected chi connectivity index (χ4v) is 9.52. The fourth-order valence-electron chi connectivity index (χ4n) is 9.52. The van der Waals surface area contributed by atoms with Crippen molar-refractivity contribution in [2.45, 2.75) is 97.6 Å². The first-order chi connectivity index (χ1) is 16.5. The molecular formula is C29H40FN3O2. The molecule has 0 unspecified atom stereocenters. The molecule has 8 atom stereocenters. The molecule has 5 nitrogen and oxygen atoms in total. The number of ketones is 1. The van der Waals surface area contributed by atoms with Crippen LogP contribution in [0.5, 0.6) is 0 Å². The third-order valence-electron chi connectivity index (χ3n) is 11.4. The first-order valence-corrected chi connectivity index (χ1v) is 13.8. The zero-order valence-corrected chi connectivity index (χ0v) is 21.7. The van der Waals surface area contributed by atoms with Crippen LogP contribution in [0.25, 0.3) is 11.0 Å². The summed E-state index contributed by atoms with van der Waals surface area (Å²) in [5.41, 5.74) is 1.50. The molecule has 1 N–H and O–H groups in total. The van der Waals surface area contributed by atoms with Gasteiger partial charge in [-0.25, -0.2) is 9.07 Å². The van der Waals surface area contributed by atoms with Crippen LogP contribution in [0.4, 0.5) is 4.39 Å². The van der Waals surface area contributed by atoms with Crippen LogP contribution < -0.4 is 0 Å². The summed E-state index contributed by atoms with van der Waals surface area (Å²) < 4.78 is 16.2. The SMILES string of the molecule is Cc1cc(F)c2c(c1)nnn2CC(=O)[C@H]1CC[C@H]2[C@@H]3CC[C@@H]4C[C@](C)(O)CC[C@]4(C)[C@H]3CC[C@]12C. The molecule has 0 aliphatic heterocycles. The Morgan fingerprint density at radius 1 is 1.06 bits per heavy atom. The van der Waals surface area contributed by atoms with E-state index in [1.165, 1.54) is 30.0 Å². The van der Waals surface area contributed by atoms with Gasteiger partial charge in [0.1, 0.15) is 17.6 Å². The van der Waals surface area contributed by atoms with E-state index in [1.54, 1.807) is 0 Å². The number of hydrogen-bond acceptors (Lipinski definition) is 4. The summed E-state index contributed by atoms with van der Waals surface area (Å²) in [6.07, 6.45) is 9.78. The first-order valence-electron chi connectivity index (χ1n) is 13.8. The predicted molar refractivity (Wildman–Crippen MR) is 133 cm³/mol. The molecule has 6 rings (SSSR count). The van der Waals surface area contributed by atoms with Crippen molar-refractivity contribution in [2.75, 3.05) is 0 Å². The number of nitrogens with zero attached hydrogens (tertiary/aromatic N) is 3. The fraction of sp³-hybridized carbons (Fsp3) is 0.759. The standard InChI is InChI=1S/C29H40FN3O2/c1-17-13-23(30)26-24(14-17)31-32-33(26)16-25(34)22-8-7-20-19-6-5-18-15-27(2,35)11-12-28(18,3)21(19)9-10-29(20,22)4/h13-14,18-22,35H,5-12,15-16H2,1-4H3/t18-,19+,20+,21+,22-,27-,28+,29+/m1/s1. The van der Waals surface area contributed by atoms with Gasteiger partial charge in [0.15, 0.2) is 11.6 Å². The summed E-state index contributed by atoms with van der Waals surface area (Å²) in [7, 11) is 0. The number of aliphatic hydroxyl groups is 1. The van der Waals surface area contributed by atoms with Crippen LogP contribution in [0.15, 0.2) is 12.1 Å². The largest absolute Gasteiger partial charge is 0.390 e.